The summed E-state index contributed by atoms with van der Waals surface area (Å²) in [6.07, 6.45) is 11.9. The van der Waals surface area contributed by atoms with Crippen LogP contribution in [-0.4, -0.2) is 19.3 Å². The van der Waals surface area contributed by atoms with Crippen LogP contribution < -0.4 is 0 Å². The van der Waals surface area contributed by atoms with Crippen molar-refractivity contribution in [2.24, 2.45) is 0 Å². The Bertz CT molecular complexity index is 217. The van der Waals surface area contributed by atoms with Gasteiger partial charge in [0, 0.05) is 19.3 Å². The molecule has 0 amide bonds. The maximum Gasteiger partial charge on any atom is 0.0305 e. The van der Waals surface area contributed by atoms with Crippen LogP contribution in [0.15, 0.2) is 12.2 Å². The lowest BCUT2D eigenvalue weighted by atomic mass is 10.0. The van der Waals surface area contributed by atoms with Gasteiger partial charge >= 0.3 is 0 Å². The quantitative estimate of drug-likeness (QED) is 0.296. The van der Waals surface area contributed by atoms with E-state index in [1.165, 1.54) is 32.1 Å². The molecule has 4 atom stereocenters. The van der Waals surface area contributed by atoms with Crippen molar-refractivity contribution in [2.45, 2.75) is 57.8 Å². The van der Waals surface area contributed by atoms with E-state index in [2.05, 4.69) is 75.9 Å². The zero-order chi connectivity index (χ0) is 12.0. The zero-order valence-electron chi connectivity index (χ0n) is 9.22. The van der Waals surface area contributed by atoms with Crippen molar-refractivity contribution in [2.75, 3.05) is 0 Å². The van der Waals surface area contributed by atoms with Crippen molar-refractivity contribution in [3.8, 4) is 0 Å². The molecule has 0 aromatic rings. The molecule has 0 bridgehead atoms. The minimum Gasteiger partial charge on any atom is -0.0885 e. The molecule has 0 aliphatic heterocycles. The summed E-state index contributed by atoms with van der Waals surface area (Å²) in [5.74, 6) is 0. The lowest BCUT2D eigenvalue weighted by molar-refractivity contribution is 0.614. The summed E-state index contributed by atoms with van der Waals surface area (Å²) in [6.45, 7) is 0. The second-order valence-electron chi connectivity index (χ2n) is 4.28. The Morgan fingerprint density at radius 1 is 0.688 bits per heavy atom. The van der Waals surface area contributed by atoms with E-state index in [1.807, 2.05) is 0 Å². The van der Waals surface area contributed by atoms with Gasteiger partial charge in [0.2, 0.25) is 0 Å². The van der Waals surface area contributed by atoms with Gasteiger partial charge in [-0.1, -0.05) is 75.9 Å². The van der Waals surface area contributed by atoms with Crippen molar-refractivity contribution in [1.29, 1.82) is 0 Å². The number of hydrogen-bond donors (Lipinski definition) is 0. The van der Waals surface area contributed by atoms with Crippen LogP contribution in [0.25, 0.3) is 0 Å². The molecule has 0 saturated heterocycles. The highest BCUT2D eigenvalue weighted by atomic mass is 79.9. The first-order valence-corrected chi connectivity index (χ1v) is 9.49. The number of rotatable bonds is 0. The predicted molar refractivity (Wildman–Crippen MR) is 87.7 cm³/mol. The molecular formula is C12H18Br4. The van der Waals surface area contributed by atoms with Crippen LogP contribution in [-0.2, 0) is 0 Å². The van der Waals surface area contributed by atoms with Gasteiger partial charge in [-0.25, -0.2) is 0 Å². The van der Waals surface area contributed by atoms with E-state index in [-0.39, 0.29) is 0 Å². The zero-order valence-corrected chi connectivity index (χ0v) is 15.6. The monoisotopic (exact) mass is 478 g/mol. The second-order valence-corrected chi connectivity index (χ2v) is 8.98. The highest BCUT2D eigenvalue weighted by molar-refractivity contribution is 9.12. The molecule has 0 saturated carbocycles. The van der Waals surface area contributed by atoms with E-state index in [0.717, 1.165) is 6.42 Å². The first kappa shape index (κ1) is 15.7. The van der Waals surface area contributed by atoms with Gasteiger partial charge in [-0.05, 0) is 38.5 Å². The molecule has 1 aliphatic rings. The number of halogens is 4. The van der Waals surface area contributed by atoms with Crippen molar-refractivity contribution in [1.82, 2.24) is 0 Å². The van der Waals surface area contributed by atoms with Crippen LogP contribution >= 0.6 is 63.7 Å². The molecule has 4 unspecified atom stereocenters. The van der Waals surface area contributed by atoms with Crippen LogP contribution in [0.3, 0.4) is 0 Å². The minimum absolute atomic E-state index is 0.552. The summed E-state index contributed by atoms with van der Waals surface area (Å²) < 4.78 is 0. The maximum absolute atomic E-state index is 3.79. The fraction of sp³-hybridized carbons (Fsp3) is 0.833. The van der Waals surface area contributed by atoms with Crippen LogP contribution in [0, 0.1) is 0 Å². The topological polar surface area (TPSA) is 0 Å². The summed E-state index contributed by atoms with van der Waals surface area (Å²) >= 11 is 15.1. The van der Waals surface area contributed by atoms with Crippen molar-refractivity contribution in [3.05, 3.63) is 12.2 Å². The standard InChI is InChI=1S/C12H18Br4/c13-9-5-3-1-2-4-6-10(14)12(16)8-7-11(9)15/h1,3,9-12H,2,4-8H2/b3-1-. The average Bonchev–Trinajstić information content (AvgIpc) is 2.27. The van der Waals surface area contributed by atoms with Crippen molar-refractivity contribution in [3.63, 3.8) is 0 Å². The number of alkyl halides is 4. The van der Waals surface area contributed by atoms with Crippen molar-refractivity contribution >= 4 is 63.7 Å². The Morgan fingerprint density at radius 2 is 1.25 bits per heavy atom. The molecular weight excluding hydrogens is 464 g/mol. The van der Waals surface area contributed by atoms with Crippen molar-refractivity contribution < 1.29 is 0 Å². The predicted octanol–water partition coefficient (Wildman–Crippen LogP) is 5.95. The highest BCUT2D eigenvalue weighted by Crippen LogP contribution is 2.29. The maximum atomic E-state index is 3.79. The third-order valence-corrected chi connectivity index (χ3v) is 8.60. The molecule has 0 aromatic heterocycles. The van der Waals surface area contributed by atoms with Gasteiger partial charge < -0.3 is 0 Å². The third-order valence-electron chi connectivity index (χ3n) is 2.88. The van der Waals surface area contributed by atoms with Gasteiger partial charge in [0.25, 0.3) is 0 Å². The summed E-state index contributed by atoms with van der Waals surface area (Å²) in [7, 11) is 0. The molecule has 0 N–H and O–H groups in total. The van der Waals surface area contributed by atoms with E-state index < -0.39 is 0 Å². The van der Waals surface area contributed by atoms with Gasteiger partial charge in [0.05, 0.1) is 0 Å². The van der Waals surface area contributed by atoms with Gasteiger partial charge in [-0.15, -0.1) is 0 Å². The van der Waals surface area contributed by atoms with Crippen LogP contribution in [0.1, 0.15) is 38.5 Å². The van der Waals surface area contributed by atoms with Crippen LogP contribution in [0.5, 0.6) is 0 Å². The Morgan fingerprint density at radius 3 is 1.94 bits per heavy atom. The second kappa shape index (κ2) is 8.71. The molecule has 16 heavy (non-hydrogen) atoms. The molecule has 0 nitrogen and oxygen atoms in total. The SMILES string of the molecule is BrC1C/C=C\CCCC(Br)C(Br)CCC1Br. The average molecular weight is 482 g/mol. The van der Waals surface area contributed by atoms with E-state index in [1.54, 1.807) is 0 Å². The Hall–Kier alpha value is 1.66. The summed E-state index contributed by atoms with van der Waals surface area (Å²) in [6, 6.07) is 0. The smallest absolute Gasteiger partial charge is 0.0305 e. The molecule has 94 valence electrons. The Labute approximate surface area is 133 Å². The van der Waals surface area contributed by atoms with Gasteiger partial charge in [-0.2, -0.15) is 0 Å². The van der Waals surface area contributed by atoms with Gasteiger partial charge in [-0.3, -0.25) is 0 Å². The number of allylic oxidation sites excluding steroid dienone is 2. The first-order chi connectivity index (χ1) is 7.61. The third kappa shape index (κ3) is 6.01. The highest BCUT2D eigenvalue weighted by Gasteiger charge is 2.20. The molecule has 1 aliphatic carbocycles. The fourth-order valence-electron chi connectivity index (χ4n) is 1.78. The van der Waals surface area contributed by atoms with Gasteiger partial charge in [0.15, 0.2) is 0 Å². The Kier molecular flexibility index (Phi) is 8.55. The van der Waals surface area contributed by atoms with Gasteiger partial charge in [0.1, 0.15) is 0 Å². The molecule has 1 rings (SSSR count). The Balaban J connectivity index is 2.52. The van der Waals surface area contributed by atoms with E-state index in [0.29, 0.717) is 19.3 Å². The van der Waals surface area contributed by atoms with E-state index >= 15 is 0 Å². The van der Waals surface area contributed by atoms with E-state index in [9.17, 15) is 0 Å². The normalized spacial score (nSPS) is 40.8. The molecule has 0 heterocycles. The molecule has 4 heteroatoms. The van der Waals surface area contributed by atoms with Crippen LogP contribution in [0.4, 0.5) is 0 Å². The lowest BCUT2D eigenvalue weighted by Crippen LogP contribution is -2.19. The minimum atomic E-state index is 0.552. The largest absolute Gasteiger partial charge is 0.0885 e. The molecule has 0 aromatic carbocycles. The summed E-state index contributed by atoms with van der Waals surface area (Å²) in [4.78, 5) is 2.32. The molecule has 0 radical (unpaired) electrons. The van der Waals surface area contributed by atoms with E-state index in [4.69, 9.17) is 0 Å². The molecule has 0 spiro atoms. The summed E-state index contributed by atoms with van der Waals surface area (Å²) in [5, 5.41) is 0. The number of hydrogen-bond acceptors (Lipinski definition) is 0. The lowest BCUT2D eigenvalue weighted by Gasteiger charge is -2.21. The van der Waals surface area contributed by atoms with Crippen LogP contribution in [0.2, 0.25) is 0 Å². The summed E-state index contributed by atoms with van der Waals surface area (Å²) in [5.41, 5.74) is 0. The molecule has 0 fully saturated rings. The first-order valence-electron chi connectivity index (χ1n) is 5.82. The fourth-order valence-corrected chi connectivity index (χ4v) is 3.86.